The van der Waals surface area contributed by atoms with E-state index in [0.29, 0.717) is 6.54 Å². The van der Waals surface area contributed by atoms with Crippen molar-refractivity contribution in [2.75, 3.05) is 13.2 Å². The van der Waals surface area contributed by atoms with Crippen LogP contribution in [-0.2, 0) is 4.79 Å². The number of amides is 1. The van der Waals surface area contributed by atoms with Gasteiger partial charge < -0.3 is 15.2 Å². The molecule has 1 saturated carbocycles. The maximum absolute atomic E-state index is 13.3. The molecule has 5 heteroatoms. The van der Waals surface area contributed by atoms with Crippen LogP contribution < -0.4 is 10.1 Å². The number of hydrogen-bond acceptors (Lipinski definition) is 3. The number of rotatable bonds is 5. The first-order valence-corrected chi connectivity index (χ1v) is 6.99. The van der Waals surface area contributed by atoms with Crippen molar-refractivity contribution < 1.29 is 19.0 Å². The van der Waals surface area contributed by atoms with Crippen LogP contribution in [0.4, 0.5) is 4.39 Å². The lowest BCUT2D eigenvalue weighted by Crippen LogP contribution is -2.38. The number of aliphatic hydroxyl groups excluding tert-OH is 1. The Morgan fingerprint density at radius 2 is 2.10 bits per heavy atom. The van der Waals surface area contributed by atoms with Crippen LogP contribution in [0.5, 0.6) is 5.75 Å². The van der Waals surface area contributed by atoms with Gasteiger partial charge in [-0.05, 0) is 25.0 Å². The van der Waals surface area contributed by atoms with Crippen molar-refractivity contribution in [3.05, 3.63) is 30.1 Å². The number of carbonyl (C=O) groups is 1. The Balaban J connectivity index is 1.71. The monoisotopic (exact) mass is 281 g/mol. The minimum Gasteiger partial charge on any atom is -0.481 e. The van der Waals surface area contributed by atoms with E-state index in [9.17, 15) is 14.3 Å². The Labute approximate surface area is 117 Å². The zero-order valence-electron chi connectivity index (χ0n) is 11.3. The van der Waals surface area contributed by atoms with E-state index < -0.39 is 5.82 Å². The zero-order valence-corrected chi connectivity index (χ0v) is 11.3. The van der Waals surface area contributed by atoms with Crippen molar-refractivity contribution >= 4 is 5.91 Å². The van der Waals surface area contributed by atoms with E-state index >= 15 is 0 Å². The molecule has 1 amide bonds. The average Bonchev–Trinajstić information content (AvgIpc) is 2.45. The van der Waals surface area contributed by atoms with Crippen LogP contribution in [0.1, 0.15) is 25.7 Å². The summed E-state index contributed by atoms with van der Waals surface area (Å²) in [6.07, 6.45) is 3.52. The molecule has 4 nitrogen and oxygen atoms in total. The maximum atomic E-state index is 13.3. The second-order valence-corrected chi connectivity index (χ2v) is 5.14. The fraction of sp³-hybridized carbons (Fsp3) is 0.533. The van der Waals surface area contributed by atoms with Gasteiger partial charge in [0.25, 0.3) is 5.91 Å². The van der Waals surface area contributed by atoms with E-state index in [2.05, 4.69) is 5.32 Å². The molecule has 0 aromatic heterocycles. The summed E-state index contributed by atoms with van der Waals surface area (Å²) in [5.74, 6) is -0.601. The van der Waals surface area contributed by atoms with Crippen LogP contribution in [0.15, 0.2) is 24.3 Å². The highest BCUT2D eigenvalue weighted by atomic mass is 19.1. The standard InChI is InChI=1S/C15H20FNO3/c16-12-6-2-4-8-14(12)20-10-15(19)17-9-11-5-1-3-7-13(11)18/h2,4,6,8,11,13,18H,1,3,5,7,9-10H2,(H,17,19). The molecule has 1 aromatic carbocycles. The normalized spacial score (nSPS) is 22.3. The fourth-order valence-corrected chi connectivity index (χ4v) is 2.43. The van der Waals surface area contributed by atoms with Crippen LogP contribution in [0.2, 0.25) is 0 Å². The molecular weight excluding hydrogens is 261 g/mol. The van der Waals surface area contributed by atoms with Crippen LogP contribution in [0.25, 0.3) is 0 Å². The van der Waals surface area contributed by atoms with Gasteiger partial charge in [0.05, 0.1) is 6.10 Å². The molecule has 2 N–H and O–H groups in total. The van der Waals surface area contributed by atoms with Crippen molar-refractivity contribution in [3.63, 3.8) is 0 Å². The minimum atomic E-state index is -0.483. The molecule has 0 heterocycles. The van der Waals surface area contributed by atoms with E-state index in [-0.39, 0.29) is 30.3 Å². The number of nitrogens with one attached hydrogen (secondary N) is 1. The second kappa shape index (κ2) is 7.24. The van der Waals surface area contributed by atoms with Gasteiger partial charge in [0.2, 0.25) is 0 Å². The van der Waals surface area contributed by atoms with Crippen molar-refractivity contribution in [2.24, 2.45) is 5.92 Å². The van der Waals surface area contributed by atoms with Gasteiger partial charge in [-0.2, -0.15) is 0 Å². The molecular formula is C15H20FNO3. The van der Waals surface area contributed by atoms with E-state index in [1.807, 2.05) is 0 Å². The van der Waals surface area contributed by atoms with Crippen molar-refractivity contribution in [2.45, 2.75) is 31.8 Å². The minimum absolute atomic E-state index is 0.0698. The third-order valence-corrected chi connectivity index (χ3v) is 3.63. The topological polar surface area (TPSA) is 58.6 Å². The summed E-state index contributed by atoms with van der Waals surface area (Å²) in [7, 11) is 0. The Morgan fingerprint density at radius 3 is 2.85 bits per heavy atom. The summed E-state index contributed by atoms with van der Waals surface area (Å²) in [6, 6.07) is 5.97. The first-order chi connectivity index (χ1) is 9.66. The third kappa shape index (κ3) is 4.20. The van der Waals surface area contributed by atoms with Gasteiger partial charge >= 0.3 is 0 Å². The molecule has 0 radical (unpaired) electrons. The van der Waals surface area contributed by atoms with Crippen LogP contribution >= 0.6 is 0 Å². The highest BCUT2D eigenvalue weighted by Crippen LogP contribution is 2.23. The number of benzene rings is 1. The van der Waals surface area contributed by atoms with Gasteiger partial charge in [0.15, 0.2) is 18.2 Å². The average molecular weight is 281 g/mol. The lowest BCUT2D eigenvalue weighted by atomic mass is 9.86. The molecule has 2 rings (SSSR count). The molecule has 0 saturated heterocycles. The summed E-state index contributed by atoms with van der Waals surface area (Å²) in [4.78, 5) is 11.6. The number of para-hydroxylation sites is 1. The first-order valence-electron chi connectivity index (χ1n) is 6.99. The Hall–Kier alpha value is -1.62. The van der Waals surface area contributed by atoms with Crippen LogP contribution in [0, 0.1) is 11.7 Å². The summed E-state index contributed by atoms with van der Waals surface area (Å²) in [5, 5.41) is 12.5. The Bertz CT molecular complexity index is 452. The van der Waals surface area contributed by atoms with Crippen molar-refractivity contribution in [1.29, 1.82) is 0 Å². The van der Waals surface area contributed by atoms with Gasteiger partial charge in [-0.1, -0.05) is 25.0 Å². The second-order valence-electron chi connectivity index (χ2n) is 5.14. The highest BCUT2D eigenvalue weighted by molar-refractivity contribution is 5.77. The summed E-state index contributed by atoms with van der Waals surface area (Å²) < 4.78 is 18.4. The summed E-state index contributed by atoms with van der Waals surface area (Å²) in [5.41, 5.74) is 0. The van der Waals surface area contributed by atoms with Gasteiger partial charge in [0.1, 0.15) is 0 Å². The fourth-order valence-electron chi connectivity index (χ4n) is 2.43. The molecule has 0 bridgehead atoms. The SMILES string of the molecule is O=C(COc1ccccc1F)NCC1CCCCC1O. The van der Waals surface area contributed by atoms with Gasteiger partial charge in [-0.3, -0.25) is 4.79 Å². The Kier molecular flexibility index (Phi) is 5.35. The van der Waals surface area contributed by atoms with Crippen molar-refractivity contribution in [1.82, 2.24) is 5.32 Å². The van der Waals surface area contributed by atoms with E-state index in [4.69, 9.17) is 4.74 Å². The van der Waals surface area contributed by atoms with E-state index in [0.717, 1.165) is 25.7 Å². The summed E-state index contributed by atoms with van der Waals surface area (Å²) >= 11 is 0. The molecule has 1 aromatic rings. The maximum Gasteiger partial charge on any atom is 0.257 e. The lowest BCUT2D eigenvalue weighted by Gasteiger charge is -2.27. The van der Waals surface area contributed by atoms with Crippen molar-refractivity contribution in [3.8, 4) is 5.75 Å². The summed E-state index contributed by atoms with van der Waals surface area (Å²) in [6.45, 7) is 0.227. The van der Waals surface area contributed by atoms with Gasteiger partial charge in [0, 0.05) is 12.5 Å². The number of carbonyl (C=O) groups excluding carboxylic acids is 1. The van der Waals surface area contributed by atoms with Crippen LogP contribution in [0.3, 0.4) is 0 Å². The van der Waals surface area contributed by atoms with E-state index in [1.54, 1.807) is 12.1 Å². The third-order valence-electron chi connectivity index (χ3n) is 3.63. The molecule has 110 valence electrons. The van der Waals surface area contributed by atoms with Crippen LogP contribution in [-0.4, -0.2) is 30.3 Å². The molecule has 0 spiro atoms. The van der Waals surface area contributed by atoms with Gasteiger partial charge in [-0.25, -0.2) is 4.39 Å². The van der Waals surface area contributed by atoms with E-state index in [1.165, 1.54) is 12.1 Å². The molecule has 2 atom stereocenters. The number of halogens is 1. The predicted molar refractivity (Wildman–Crippen MR) is 72.9 cm³/mol. The molecule has 2 unspecified atom stereocenters. The molecule has 1 aliphatic carbocycles. The smallest absolute Gasteiger partial charge is 0.257 e. The largest absolute Gasteiger partial charge is 0.481 e. The van der Waals surface area contributed by atoms with Gasteiger partial charge in [-0.15, -0.1) is 0 Å². The quantitative estimate of drug-likeness (QED) is 0.866. The predicted octanol–water partition coefficient (Wildman–Crippen LogP) is 1.87. The number of aliphatic hydroxyl groups is 1. The molecule has 0 aliphatic heterocycles. The molecule has 1 aliphatic rings. The molecule has 20 heavy (non-hydrogen) atoms. The number of ether oxygens (including phenoxy) is 1. The number of hydrogen-bond donors (Lipinski definition) is 2. The Morgan fingerprint density at radius 1 is 1.35 bits per heavy atom. The zero-order chi connectivity index (χ0) is 14.4. The lowest BCUT2D eigenvalue weighted by molar-refractivity contribution is -0.123. The molecule has 1 fully saturated rings. The highest BCUT2D eigenvalue weighted by Gasteiger charge is 2.23. The first kappa shape index (κ1) is 14.8.